The van der Waals surface area contributed by atoms with Crippen LogP contribution >= 0.6 is 0 Å². The highest BCUT2D eigenvalue weighted by atomic mass is 32.2. The van der Waals surface area contributed by atoms with Gasteiger partial charge in [-0.25, -0.2) is 13.4 Å². The minimum absolute atomic E-state index is 0.125. The summed E-state index contributed by atoms with van der Waals surface area (Å²) in [5.41, 5.74) is 0. The Bertz CT molecular complexity index is 777. The SMILES string of the molecule is O=S(=O)(c1ccccn1)N1CCC(c2nncn2C2CC2)CC1. The van der Waals surface area contributed by atoms with Crippen LogP contribution < -0.4 is 0 Å². The summed E-state index contributed by atoms with van der Waals surface area (Å²) in [5.74, 6) is 1.30. The summed E-state index contributed by atoms with van der Waals surface area (Å²) < 4.78 is 28.9. The third-order valence-electron chi connectivity index (χ3n) is 4.60. The molecule has 1 aliphatic carbocycles. The lowest BCUT2D eigenvalue weighted by molar-refractivity contribution is 0.308. The largest absolute Gasteiger partial charge is 0.314 e. The Morgan fingerprint density at radius 2 is 1.87 bits per heavy atom. The minimum Gasteiger partial charge on any atom is -0.314 e. The Hall–Kier alpha value is -1.80. The molecule has 122 valence electrons. The molecule has 0 aromatic carbocycles. The molecule has 0 radical (unpaired) electrons. The lowest BCUT2D eigenvalue weighted by Gasteiger charge is -2.30. The Kier molecular flexibility index (Phi) is 3.65. The van der Waals surface area contributed by atoms with Crippen molar-refractivity contribution in [2.75, 3.05) is 13.1 Å². The maximum absolute atomic E-state index is 12.6. The van der Waals surface area contributed by atoms with Crippen molar-refractivity contribution in [3.63, 3.8) is 0 Å². The van der Waals surface area contributed by atoms with E-state index < -0.39 is 10.0 Å². The maximum Gasteiger partial charge on any atom is 0.260 e. The molecule has 1 saturated heterocycles. The van der Waals surface area contributed by atoms with Crippen molar-refractivity contribution in [2.24, 2.45) is 0 Å². The van der Waals surface area contributed by atoms with Gasteiger partial charge in [0.25, 0.3) is 10.0 Å². The molecule has 1 saturated carbocycles. The predicted octanol–water partition coefficient (Wildman–Crippen LogP) is 1.58. The van der Waals surface area contributed by atoms with Gasteiger partial charge in [-0.15, -0.1) is 10.2 Å². The van der Waals surface area contributed by atoms with Crippen molar-refractivity contribution in [3.05, 3.63) is 36.5 Å². The van der Waals surface area contributed by atoms with Crippen LogP contribution in [0.5, 0.6) is 0 Å². The van der Waals surface area contributed by atoms with Gasteiger partial charge in [-0.2, -0.15) is 4.31 Å². The first-order valence-electron chi connectivity index (χ1n) is 7.97. The van der Waals surface area contributed by atoms with Crippen LogP contribution in [0.15, 0.2) is 35.7 Å². The molecule has 0 spiro atoms. The Labute approximate surface area is 135 Å². The molecule has 0 unspecified atom stereocenters. The van der Waals surface area contributed by atoms with Crippen molar-refractivity contribution in [3.8, 4) is 0 Å². The highest BCUT2D eigenvalue weighted by Gasteiger charge is 2.34. The third kappa shape index (κ3) is 2.76. The first kappa shape index (κ1) is 14.8. The molecular formula is C15H19N5O2S. The van der Waals surface area contributed by atoms with E-state index in [0.717, 1.165) is 18.7 Å². The average molecular weight is 333 g/mol. The second kappa shape index (κ2) is 5.68. The van der Waals surface area contributed by atoms with Gasteiger partial charge in [-0.1, -0.05) is 6.07 Å². The van der Waals surface area contributed by atoms with Crippen LogP contribution in [0.3, 0.4) is 0 Å². The zero-order valence-electron chi connectivity index (χ0n) is 12.7. The number of pyridine rings is 1. The molecule has 2 aliphatic rings. The normalized spacial score (nSPS) is 20.7. The van der Waals surface area contributed by atoms with E-state index in [9.17, 15) is 8.42 Å². The van der Waals surface area contributed by atoms with Crippen LogP contribution in [0.4, 0.5) is 0 Å². The number of piperidine rings is 1. The fourth-order valence-electron chi connectivity index (χ4n) is 3.16. The Morgan fingerprint density at radius 1 is 1.09 bits per heavy atom. The molecule has 0 amide bonds. The minimum atomic E-state index is -3.49. The molecule has 2 aromatic rings. The summed E-state index contributed by atoms with van der Waals surface area (Å²) in [7, 11) is -3.49. The smallest absolute Gasteiger partial charge is 0.260 e. The number of nitrogens with zero attached hydrogens (tertiary/aromatic N) is 5. The van der Waals surface area contributed by atoms with Gasteiger partial charge in [0, 0.05) is 31.2 Å². The van der Waals surface area contributed by atoms with Gasteiger partial charge in [0.1, 0.15) is 12.2 Å². The zero-order chi connectivity index (χ0) is 15.9. The maximum atomic E-state index is 12.6. The van der Waals surface area contributed by atoms with E-state index in [4.69, 9.17) is 0 Å². The van der Waals surface area contributed by atoms with Gasteiger partial charge in [0.15, 0.2) is 5.03 Å². The molecule has 3 heterocycles. The average Bonchev–Trinajstić information content (AvgIpc) is 3.32. The molecule has 8 heteroatoms. The van der Waals surface area contributed by atoms with Crippen molar-refractivity contribution < 1.29 is 8.42 Å². The quantitative estimate of drug-likeness (QED) is 0.848. The molecule has 23 heavy (non-hydrogen) atoms. The van der Waals surface area contributed by atoms with Gasteiger partial charge in [-0.3, -0.25) is 0 Å². The van der Waals surface area contributed by atoms with E-state index in [1.54, 1.807) is 18.2 Å². The van der Waals surface area contributed by atoms with Crippen molar-refractivity contribution in [2.45, 2.75) is 42.7 Å². The fraction of sp³-hybridized carbons (Fsp3) is 0.533. The molecule has 2 aromatic heterocycles. The molecule has 1 aliphatic heterocycles. The summed E-state index contributed by atoms with van der Waals surface area (Å²) >= 11 is 0. The molecule has 7 nitrogen and oxygen atoms in total. The molecule has 0 atom stereocenters. The number of aromatic nitrogens is 4. The first-order valence-corrected chi connectivity index (χ1v) is 9.41. The molecule has 4 rings (SSSR count). The number of hydrogen-bond donors (Lipinski definition) is 0. The summed E-state index contributed by atoms with van der Waals surface area (Å²) in [4.78, 5) is 3.98. The van der Waals surface area contributed by atoms with Crippen LogP contribution in [-0.4, -0.2) is 45.6 Å². The number of rotatable bonds is 4. The van der Waals surface area contributed by atoms with Gasteiger partial charge < -0.3 is 4.57 Å². The summed E-state index contributed by atoms with van der Waals surface area (Å²) in [6, 6.07) is 5.52. The lowest BCUT2D eigenvalue weighted by atomic mass is 9.97. The topological polar surface area (TPSA) is 81.0 Å². The van der Waals surface area contributed by atoms with E-state index in [0.29, 0.717) is 19.1 Å². The van der Waals surface area contributed by atoms with Gasteiger partial charge >= 0.3 is 0 Å². The van der Waals surface area contributed by atoms with E-state index in [2.05, 4.69) is 19.7 Å². The molecule has 2 fully saturated rings. The van der Waals surface area contributed by atoms with Crippen LogP contribution in [0, 0.1) is 0 Å². The van der Waals surface area contributed by atoms with Crippen LogP contribution in [0.2, 0.25) is 0 Å². The van der Waals surface area contributed by atoms with Crippen LogP contribution in [0.25, 0.3) is 0 Å². The molecule has 0 N–H and O–H groups in total. The van der Waals surface area contributed by atoms with E-state index in [-0.39, 0.29) is 10.9 Å². The number of sulfonamides is 1. The van der Waals surface area contributed by atoms with Gasteiger partial charge in [-0.05, 0) is 37.8 Å². The van der Waals surface area contributed by atoms with Crippen molar-refractivity contribution in [1.82, 2.24) is 24.1 Å². The third-order valence-corrected chi connectivity index (χ3v) is 6.42. The van der Waals surface area contributed by atoms with Crippen molar-refractivity contribution >= 4 is 10.0 Å². The predicted molar refractivity (Wildman–Crippen MR) is 83.3 cm³/mol. The zero-order valence-corrected chi connectivity index (χ0v) is 13.6. The molecule has 0 bridgehead atoms. The fourth-order valence-corrected chi connectivity index (χ4v) is 4.56. The molecular weight excluding hydrogens is 314 g/mol. The second-order valence-electron chi connectivity index (χ2n) is 6.17. The highest BCUT2D eigenvalue weighted by Crippen LogP contribution is 2.38. The van der Waals surface area contributed by atoms with Crippen molar-refractivity contribution in [1.29, 1.82) is 0 Å². The monoisotopic (exact) mass is 333 g/mol. The first-order chi connectivity index (χ1) is 11.2. The number of hydrogen-bond acceptors (Lipinski definition) is 5. The van der Waals surface area contributed by atoms with Crippen LogP contribution in [-0.2, 0) is 10.0 Å². The summed E-state index contributed by atoms with van der Waals surface area (Å²) in [5, 5.41) is 8.45. The summed E-state index contributed by atoms with van der Waals surface area (Å²) in [6.07, 6.45) is 7.26. The Balaban J connectivity index is 1.48. The second-order valence-corrected chi connectivity index (χ2v) is 8.06. The van der Waals surface area contributed by atoms with Gasteiger partial charge in [0.2, 0.25) is 0 Å². The van der Waals surface area contributed by atoms with Gasteiger partial charge in [0.05, 0.1) is 0 Å². The van der Waals surface area contributed by atoms with E-state index in [1.165, 1.54) is 23.3 Å². The lowest BCUT2D eigenvalue weighted by Crippen LogP contribution is -2.38. The van der Waals surface area contributed by atoms with E-state index in [1.807, 2.05) is 6.33 Å². The standard InChI is InChI=1S/C15H19N5O2S/c21-23(22,14-3-1-2-8-16-14)19-9-6-12(7-10-19)15-18-17-11-20(15)13-4-5-13/h1-3,8,11-13H,4-7,9-10H2. The highest BCUT2D eigenvalue weighted by molar-refractivity contribution is 7.89. The van der Waals surface area contributed by atoms with Crippen LogP contribution in [0.1, 0.15) is 43.5 Å². The summed E-state index contributed by atoms with van der Waals surface area (Å²) in [6.45, 7) is 1.00. The van der Waals surface area contributed by atoms with E-state index >= 15 is 0 Å². The Morgan fingerprint density at radius 3 is 2.52 bits per heavy atom.